The summed E-state index contributed by atoms with van der Waals surface area (Å²) in [5.74, 6) is 0. The number of fused-ring (bicyclic) bond motifs is 1. The molecule has 3 rings (SSSR count). The van der Waals surface area contributed by atoms with Crippen molar-refractivity contribution < 1.29 is 9.84 Å². The first-order valence-corrected chi connectivity index (χ1v) is 7.47. The van der Waals surface area contributed by atoms with Crippen LogP contribution in [0.2, 0.25) is 0 Å². The van der Waals surface area contributed by atoms with Gasteiger partial charge in [0.25, 0.3) is 0 Å². The van der Waals surface area contributed by atoms with Crippen molar-refractivity contribution in [3.63, 3.8) is 0 Å². The van der Waals surface area contributed by atoms with Gasteiger partial charge in [-0.3, -0.25) is 4.90 Å². The summed E-state index contributed by atoms with van der Waals surface area (Å²) in [7, 11) is 2.03. The normalized spacial score (nSPS) is 18.5. The summed E-state index contributed by atoms with van der Waals surface area (Å²) >= 11 is 0. The highest BCUT2D eigenvalue weighted by molar-refractivity contribution is 5.41. The van der Waals surface area contributed by atoms with Crippen LogP contribution in [0.5, 0.6) is 0 Å². The molecule has 5 heteroatoms. The zero-order valence-corrected chi connectivity index (χ0v) is 12.7. The molecule has 5 nitrogen and oxygen atoms in total. The van der Waals surface area contributed by atoms with Crippen molar-refractivity contribution in [2.24, 2.45) is 0 Å². The predicted molar refractivity (Wildman–Crippen MR) is 81.3 cm³/mol. The summed E-state index contributed by atoms with van der Waals surface area (Å²) in [6.45, 7) is 4.77. The first-order chi connectivity index (χ1) is 10.0. The van der Waals surface area contributed by atoms with Gasteiger partial charge >= 0.3 is 0 Å². The standard InChI is InChI=1S/C16H23N3O2/c1-13-3-4-15-17-14(11-19(15)9-13)10-18(2)12-16(20)5-7-21-8-6-16/h3-4,9,11,20H,5-8,10,12H2,1-2H3. The lowest BCUT2D eigenvalue weighted by Gasteiger charge is -2.35. The molecule has 114 valence electrons. The molecule has 1 N–H and O–H groups in total. The van der Waals surface area contributed by atoms with E-state index in [4.69, 9.17) is 4.74 Å². The summed E-state index contributed by atoms with van der Waals surface area (Å²) in [6, 6.07) is 4.10. The number of aliphatic hydroxyl groups is 1. The average Bonchev–Trinajstić information content (AvgIpc) is 2.79. The van der Waals surface area contributed by atoms with Crippen LogP contribution in [0.3, 0.4) is 0 Å². The van der Waals surface area contributed by atoms with Crippen LogP contribution in [-0.2, 0) is 11.3 Å². The lowest BCUT2D eigenvalue weighted by molar-refractivity contribution is -0.0778. The second kappa shape index (κ2) is 5.75. The van der Waals surface area contributed by atoms with Crippen molar-refractivity contribution in [3.8, 4) is 0 Å². The molecular weight excluding hydrogens is 266 g/mol. The highest BCUT2D eigenvalue weighted by Crippen LogP contribution is 2.22. The molecule has 21 heavy (non-hydrogen) atoms. The van der Waals surface area contributed by atoms with Crippen molar-refractivity contribution in [2.75, 3.05) is 26.8 Å². The van der Waals surface area contributed by atoms with E-state index in [0.717, 1.165) is 17.9 Å². The molecule has 1 saturated heterocycles. The molecule has 0 radical (unpaired) electrons. The maximum atomic E-state index is 10.5. The number of ether oxygens (including phenoxy) is 1. The summed E-state index contributed by atoms with van der Waals surface area (Å²) in [5, 5.41) is 10.5. The highest BCUT2D eigenvalue weighted by Gasteiger charge is 2.31. The smallest absolute Gasteiger partial charge is 0.137 e. The molecular formula is C16H23N3O2. The molecule has 3 heterocycles. The van der Waals surface area contributed by atoms with Crippen LogP contribution in [0.15, 0.2) is 24.5 Å². The van der Waals surface area contributed by atoms with Crippen LogP contribution in [0.25, 0.3) is 5.65 Å². The van der Waals surface area contributed by atoms with Crippen molar-refractivity contribution in [1.29, 1.82) is 0 Å². The zero-order valence-electron chi connectivity index (χ0n) is 12.7. The fourth-order valence-electron chi connectivity index (χ4n) is 2.98. The second-order valence-electron chi connectivity index (χ2n) is 6.21. The molecule has 0 unspecified atom stereocenters. The van der Waals surface area contributed by atoms with Crippen LogP contribution >= 0.6 is 0 Å². The number of hydrogen-bond donors (Lipinski definition) is 1. The van der Waals surface area contributed by atoms with E-state index in [2.05, 4.69) is 39.7 Å². The van der Waals surface area contributed by atoms with Gasteiger partial charge in [0.15, 0.2) is 0 Å². The van der Waals surface area contributed by atoms with E-state index in [9.17, 15) is 5.11 Å². The summed E-state index contributed by atoms with van der Waals surface area (Å²) in [6.07, 6.45) is 5.56. The molecule has 1 aliphatic rings. The number of likely N-dealkylation sites (N-methyl/N-ethyl adjacent to an activating group) is 1. The summed E-state index contributed by atoms with van der Waals surface area (Å²) in [5.41, 5.74) is 2.59. The van der Waals surface area contributed by atoms with E-state index >= 15 is 0 Å². The van der Waals surface area contributed by atoms with E-state index in [1.165, 1.54) is 5.56 Å². The molecule has 0 atom stereocenters. The average molecular weight is 289 g/mol. The van der Waals surface area contributed by atoms with E-state index in [0.29, 0.717) is 32.6 Å². The SMILES string of the molecule is Cc1ccc2nc(CN(C)CC3(O)CCOCC3)cn2c1. The monoisotopic (exact) mass is 289 g/mol. The highest BCUT2D eigenvalue weighted by atomic mass is 16.5. The third-order valence-corrected chi connectivity index (χ3v) is 4.07. The van der Waals surface area contributed by atoms with Gasteiger partial charge in [0.2, 0.25) is 0 Å². The maximum Gasteiger partial charge on any atom is 0.137 e. The first kappa shape index (κ1) is 14.5. The summed E-state index contributed by atoms with van der Waals surface area (Å²) in [4.78, 5) is 6.76. The van der Waals surface area contributed by atoms with Crippen LogP contribution in [0.1, 0.15) is 24.1 Å². The van der Waals surface area contributed by atoms with Gasteiger partial charge in [-0.1, -0.05) is 6.07 Å². The number of pyridine rings is 1. The lowest BCUT2D eigenvalue weighted by atomic mass is 9.94. The Morgan fingerprint density at radius 3 is 2.86 bits per heavy atom. The molecule has 1 aliphatic heterocycles. The Morgan fingerprint density at radius 2 is 2.10 bits per heavy atom. The Labute approximate surface area is 125 Å². The molecule has 0 spiro atoms. The Kier molecular flexibility index (Phi) is 3.97. The van der Waals surface area contributed by atoms with E-state index in [-0.39, 0.29) is 0 Å². The minimum Gasteiger partial charge on any atom is -0.388 e. The maximum absolute atomic E-state index is 10.5. The van der Waals surface area contributed by atoms with Gasteiger partial charge in [-0.05, 0) is 25.6 Å². The number of imidazole rings is 1. The first-order valence-electron chi connectivity index (χ1n) is 7.47. The quantitative estimate of drug-likeness (QED) is 0.929. The van der Waals surface area contributed by atoms with Gasteiger partial charge in [-0.15, -0.1) is 0 Å². The van der Waals surface area contributed by atoms with Crippen LogP contribution in [0, 0.1) is 6.92 Å². The Hall–Kier alpha value is -1.43. The largest absolute Gasteiger partial charge is 0.388 e. The second-order valence-corrected chi connectivity index (χ2v) is 6.21. The van der Waals surface area contributed by atoms with Crippen molar-refractivity contribution in [3.05, 3.63) is 35.8 Å². The lowest BCUT2D eigenvalue weighted by Crippen LogP contribution is -2.45. The topological polar surface area (TPSA) is 50.0 Å². The molecule has 0 aromatic carbocycles. The molecule has 0 aliphatic carbocycles. The van der Waals surface area contributed by atoms with Crippen LogP contribution in [0.4, 0.5) is 0 Å². The fraction of sp³-hybridized carbons (Fsp3) is 0.562. The molecule has 2 aromatic heterocycles. The molecule has 0 saturated carbocycles. The molecule has 2 aromatic rings. The molecule has 0 bridgehead atoms. The van der Waals surface area contributed by atoms with Crippen molar-refractivity contribution in [2.45, 2.75) is 31.9 Å². The molecule has 0 amide bonds. The fourth-order valence-corrected chi connectivity index (χ4v) is 2.98. The Morgan fingerprint density at radius 1 is 1.33 bits per heavy atom. The predicted octanol–water partition coefficient (Wildman–Crippen LogP) is 1.62. The zero-order chi connectivity index (χ0) is 14.9. The van der Waals surface area contributed by atoms with E-state index in [1.54, 1.807) is 0 Å². The van der Waals surface area contributed by atoms with Gasteiger partial charge in [-0.25, -0.2) is 4.98 Å². The number of rotatable bonds is 4. The van der Waals surface area contributed by atoms with Gasteiger partial charge in [0.1, 0.15) is 5.65 Å². The van der Waals surface area contributed by atoms with Gasteiger partial charge < -0.3 is 14.2 Å². The van der Waals surface area contributed by atoms with E-state index < -0.39 is 5.60 Å². The number of aryl methyl sites for hydroxylation is 1. The minimum atomic E-state index is -0.622. The van der Waals surface area contributed by atoms with Gasteiger partial charge in [0.05, 0.1) is 11.3 Å². The van der Waals surface area contributed by atoms with Crippen LogP contribution in [-0.4, -0.2) is 51.8 Å². The third-order valence-electron chi connectivity index (χ3n) is 4.07. The van der Waals surface area contributed by atoms with Gasteiger partial charge in [0, 0.05) is 51.5 Å². The molecule has 1 fully saturated rings. The summed E-state index contributed by atoms with van der Waals surface area (Å²) < 4.78 is 7.38. The van der Waals surface area contributed by atoms with Gasteiger partial charge in [-0.2, -0.15) is 0 Å². The Bertz CT molecular complexity index is 617. The van der Waals surface area contributed by atoms with Crippen LogP contribution < -0.4 is 0 Å². The number of hydrogen-bond acceptors (Lipinski definition) is 4. The number of aromatic nitrogens is 2. The third kappa shape index (κ3) is 3.43. The minimum absolute atomic E-state index is 0.622. The number of nitrogens with zero attached hydrogens (tertiary/aromatic N) is 3. The van der Waals surface area contributed by atoms with E-state index in [1.807, 2.05) is 13.1 Å². The van der Waals surface area contributed by atoms with Crippen molar-refractivity contribution in [1.82, 2.24) is 14.3 Å². The van der Waals surface area contributed by atoms with Crippen molar-refractivity contribution >= 4 is 5.65 Å². The Balaban J connectivity index is 1.66.